The van der Waals surface area contributed by atoms with Crippen molar-refractivity contribution in [3.8, 4) is 0 Å². The summed E-state index contributed by atoms with van der Waals surface area (Å²) in [5, 5.41) is 7.43. The van der Waals surface area contributed by atoms with Gasteiger partial charge >= 0.3 is 0 Å². The molecule has 0 aromatic rings. The first-order valence-corrected chi connectivity index (χ1v) is 5.43. The zero-order valence-corrected chi connectivity index (χ0v) is 10.4. The van der Waals surface area contributed by atoms with Crippen molar-refractivity contribution in [2.75, 3.05) is 13.1 Å². The van der Waals surface area contributed by atoms with Gasteiger partial charge in [0.15, 0.2) is 0 Å². The predicted molar refractivity (Wildman–Crippen MR) is 62.9 cm³/mol. The van der Waals surface area contributed by atoms with Crippen molar-refractivity contribution < 1.29 is 14.4 Å². The van der Waals surface area contributed by atoms with Crippen molar-refractivity contribution in [1.29, 1.82) is 0 Å². The molecule has 0 aliphatic rings. The van der Waals surface area contributed by atoms with E-state index in [4.69, 9.17) is 5.73 Å². The highest BCUT2D eigenvalue weighted by molar-refractivity contribution is 5.90. The molecular formula is C10H20N4O3. The number of carbonyl (C=O) groups excluding carboxylic acids is 3. The van der Waals surface area contributed by atoms with Gasteiger partial charge in [-0.05, 0) is 20.8 Å². The van der Waals surface area contributed by atoms with Crippen LogP contribution in [0.5, 0.6) is 0 Å². The van der Waals surface area contributed by atoms with Crippen molar-refractivity contribution in [1.82, 2.24) is 16.0 Å². The third-order valence-corrected chi connectivity index (χ3v) is 1.83. The molecule has 0 saturated heterocycles. The summed E-state index contributed by atoms with van der Waals surface area (Å²) in [6, 6.07) is -0.626. The van der Waals surface area contributed by atoms with E-state index in [9.17, 15) is 14.4 Å². The topological polar surface area (TPSA) is 113 Å². The highest BCUT2D eigenvalue weighted by Crippen LogP contribution is 1.85. The van der Waals surface area contributed by atoms with E-state index in [0.717, 1.165) is 0 Å². The number of nitrogens with one attached hydrogen (secondary N) is 3. The molecule has 7 heteroatoms. The zero-order chi connectivity index (χ0) is 13.4. The van der Waals surface area contributed by atoms with E-state index in [0.29, 0.717) is 0 Å². The molecule has 0 aliphatic carbocycles. The summed E-state index contributed by atoms with van der Waals surface area (Å²) < 4.78 is 0. The molecule has 0 aromatic heterocycles. The molecule has 3 amide bonds. The fourth-order valence-electron chi connectivity index (χ4n) is 1.02. The zero-order valence-electron chi connectivity index (χ0n) is 10.4. The molecule has 0 spiro atoms. The maximum absolute atomic E-state index is 11.5. The third kappa shape index (κ3) is 7.29. The minimum absolute atomic E-state index is 0.0128. The van der Waals surface area contributed by atoms with Gasteiger partial charge in [-0.1, -0.05) is 0 Å². The van der Waals surface area contributed by atoms with Gasteiger partial charge in [-0.2, -0.15) is 0 Å². The van der Waals surface area contributed by atoms with E-state index in [1.54, 1.807) is 6.92 Å². The molecule has 0 rings (SSSR count). The van der Waals surface area contributed by atoms with E-state index in [1.165, 1.54) is 0 Å². The Labute approximate surface area is 100 Å². The maximum atomic E-state index is 11.5. The molecule has 0 fully saturated rings. The first-order valence-electron chi connectivity index (χ1n) is 5.43. The number of carbonyl (C=O) groups is 3. The number of rotatable bonds is 6. The van der Waals surface area contributed by atoms with Crippen LogP contribution in [0.4, 0.5) is 0 Å². The van der Waals surface area contributed by atoms with Crippen molar-refractivity contribution in [3.63, 3.8) is 0 Å². The van der Waals surface area contributed by atoms with Crippen LogP contribution in [0.15, 0.2) is 0 Å². The Morgan fingerprint density at radius 2 is 1.65 bits per heavy atom. The van der Waals surface area contributed by atoms with E-state index in [1.807, 2.05) is 13.8 Å². The van der Waals surface area contributed by atoms with Gasteiger partial charge in [0.05, 0.1) is 13.1 Å². The van der Waals surface area contributed by atoms with Gasteiger partial charge in [-0.15, -0.1) is 0 Å². The van der Waals surface area contributed by atoms with Crippen LogP contribution in [-0.4, -0.2) is 42.9 Å². The van der Waals surface area contributed by atoms with Crippen LogP contribution in [0.2, 0.25) is 0 Å². The normalized spacial score (nSPS) is 11.8. The van der Waals surface area contributed by atoms with Crippen LogP contribution in [0, 0.1) is 0 Å². The monoisotopic (exact) mass is 244 g/mol. The van der Waals surface area contributed by atoms with Gasteiger partial charge in [0.25, 0.3) is 0 Å². The molecule has 5 N–H and O–H groups in total. The van der Waals surface area contributed by atoms with Crippen molar-refractivity contribution in [3.05, 3.63) is 0 Å². The third-order valence-electron chi connectivity index (χ3n) is 1.83. The largest absolute Gasteiger partial charge is 0.352 e. The van der Waals surface area contributed by atoms with Crippen LogP contribution in [0.25, 0.3) is 0 Å². The van der Waals surface area contributed by atoms with Gasteiger partial charge in [0.1, 0.15) is 6.04 Å². The summed E-state index contributed by atoms with van der Waals surface area (Å²) in [7, 11) is 0. The number of nitrogens with two attached hydrogens (primary N) is 1. The number of hydrogen-bond donors (Lipinski definition) is 4. The second-order valence-corrected chi connectivity index (χ2v) is 3.93. The summed E-state index contributed by atoms with van der Waals surface area (Å²) in [6.45, 7) is 4.87. The summed E-state index contributed by atoms with van der Waals surface area (Å²) in [5.41, 5.74) is 5.05. The minimum Gasteiger partial charge on any atom is -0.352 e. The number of amides is 3. The van der Waals surface area contributed by atoms with Crippen LogP contribution in [0.3, 0.4) is 0 Å². The lowest BCUT2D eigenvalue weighted by atomic mass is 10.3. The quantitative estimate of drug-likeness (QED) is 0.436. The van der Waals surface area contributed by atoms with Crippen LogP contribution in [-0.2, 0) is 14.4 Å². The first-order chi connectivity index (χ1) is 7.86. The molecule has 1 unspecified atom stereocenters. The fraction of sp³-hybridized carbons (Fsp3) is 0.700. The standard InChI is InChI=1S/C10H20N4O3/c1-6(2)13-10(17)7(3)14-9(16)5-12-8(15)4-11/h6-7H,4-5,11H2,1-3H3,(H,12,15)(H,13,17)(H,14,16). The van der Waals surface area contributed by atoms with Crippen LogP contribution in [0.1, 0.15) is 20.8 Å². The molecule has 0 bridgehead atoms. The summed E-state index contributed by atoms with van der Waals surface area (Å²) in [6.07, 6.45) is 0. The Morgan fingerprint density at radius 1 is 1.06 bits per heavy atom. The highest BCUT2D eigenvalue weighted by Gasteiger charge is 2.15. The number of hydrogen-bond acceptors (Lipinski definition) is 4. The molecule has 0 radical (unpaired) electrons. The van der Waals surface area contributed by atoms with Crippen LogP contribution < -0.4 is 21.7 Å². The van der Waals surface area contributed by atoms with Gasteiger partial charge in [0.2, 0.25) is 17.7 Å². The molecule has 98 valence electrons. The maximum Gasteiger partial charge on any atom is 0.242 e. The lowest BCUT2D eigenvalue weighted by Gasteiger charge is -2.16. The minimum atomic E-state index is -0.639. The second kappa shape index (κ2) is 7.61. The second-order valence-electron chi connectivity index (χ2n) is 3.93. The molecule has 0 saturated carbocycles. The fourth-order valence-corrected chi connectivity index (χ4v) is 1.02. The Bertz CT molecular complexity index is 291. The van der Waals surface area contributed by atoms with Crippen molar-refractivity contribution >= 4 is 17.7 Å². The first kappa shape index (κ1) is 15.4. The van der Waals surface area contributed by atoms with Crippen molar-refractivity contribution in [2.24, 2.45) is 5.73 Å². The molecule has 0 aliphatic heterocycles. The van der Waals surface area contributed by atoms with Gasteiger partial charge < -0.3 is 21.7 Å². The van der Waals surface area contributed by atoms with E-state index in [2.05, 4.69) is 16.0 Å². The van der Waals surface area contributed by atoms with E-state index < -0.39 is 17.9 Å². The summed E-state index contributed by atoms with van der Waals surface area (Å²) >= 11 is 0. The highest BCUT2D eigenvalue weighted by atomic mass is 16.2. The average Bonchev–Trinajstić information content (AvgIpc) is 2.24. The average molecular weight is 244 g/mol. The molecule has 0 aromatic carbocycles. The SMILES string of the molecule is CC(C)NC(=O)C(C)NC(=O)CNC(=O)CN. The lowest BCUT2D eigenvalue weighted by molar-refractivity contribution is -0.129. The Balaban J connectivity index is 3.95. The van der Waals surface area contributed by atoms with E-state index >= 15 is 0 Å². The van der Waals surface area contributed by atoms with Crippen LogP contribution >= 0.6 is 0 Å². The van der Waals surface area contributed by atoms with Gasteiger partial charge in [-0.25, -0.2) is 0 Å². The Hall–Kier alpha value is -1.63. The van der Waals surface area contributed by atoms with E-state index in [-0.39, 0.29) is 25.0 Å². The summed E-state index contributed by atoms with van der Waals surface area (Å²) in [4.78, 5) is 33.6. The Morgan fingerprint density at radius 3 is 2.12 bits per heavy atom. The van der Waals surface area contributed by atoms with Gasteiger partial charge in [-0.3, -0.25) is 14.4 Å². The molecule has 1 atom stereocenters. The lowest BCUT2D eigenvalue weighted by Crippen LogP contribution is -2.49. The molecule has 7 nitrogen and oxygen atoms in total. The van der Waals surface area contributed by atoms with Gasteiger partial charge in [0, 0.05) is 6.04 Å². The van der Waals surface area contributed by atoms with Crippen molar-refractivity contribution in [2.45, 2.75) is 32.9 Å². The Kier molecular flexibility index (Phi) is 6.88. The smallest absolute Gasteiger partial charge is 0.242 e. The predicted octanol–water partition coefficient (Wildman–Crippen LogP) is -1.91. The molecule has 17 heavy (non-hydrogen) atoms. The molecule has 0 heterocycles. The molecular weight excluding hydrogens is 224 g/mol. The summed E-state index contributed by atoms with van der Waals surface area (Å²) in [5.74, 6) is -1.11.